The van der Waals surface area contributed by atoms with Gasteiger partial charge in [0, 0.05) is 18.7 Å². The number of carbonyl (C=O) groups is 2. The van der Waals surface area contributed by atoms with Crippen LogP contribution in [0.5, 0.6) is 0 Å². The van der Waals surface area contributed by atoms with Gasteiger partial charge in [-0.25, -0.2) is 4.98 Å². The molecule has 20 heavy (non-hydrogen) atoms. The molecule has 0 aliphatic carbocycles. The lowest BCUT2D eigenvalue weighted by Gasteiger charge is -2.30. The van der Waals surface area contributed by atoms with Crippen LogP contribution in [-0.4, -0.2) is 44.9 Å². The van der Waals surface area contributed by atoms with E-state index in [-0.39, 0.29) is 12.5 Å². The predicted octanol–water partition coefficient (Wildman–Crippen LogP) is 1.50. The highest BCUT2D eigenvalue weighted by molar-refractivity contribution is 5.97. The second-order valence-electron chi connectivity index (χ2n) is 5.06. The van der Waals surface area contributed by atoms with Gasteiger partial charge in [-0.1, -0.05) is 0 Å². The molecule has 1 atom stereocenters. The summed E-state index contributed by atoms with van der Waals surface area (Å²) in [5.41, 5.74) is 2.18. The highest BCUT2D eigenvalue weighted by atomic mass is 16.4. The number of aromatic nitrogens is 2. The minimum Gasteiger partial charge on any atom is -0.481 e. The van der Waals surface area contributed by atoms with E-state index >= 15 is 0 Å². The van der Waals surface area contributed by atoms with E-state index in [9.17, 15) is 9.59 Å². The van der Waals surface area contributed by atoms with Crippen molar-refractivity contribution in [1.82, 2.24) is 14.9 Å². The number of nitrogens with one attached hydrogen (secondary N) is 1. The maximum atomic E-state index is 12.4. The van der Waals surface area contributed by atoms with Gasteiger partial charge in [0.05, 0.1) is 23.3 Å². The van der Waals surface area contributed by atoms with Crippen LogP contribution in [0.4, 0.5) is 0 Å². The maximum Gasteiger partial charge on any atom is 0.308 e. The van der Waals surface area contributed by atoms with Gasteiger partial charge in [0.15, 0.2) is 0 Å². The van der Waals surface area contributed by atoms with Gasteiger partial charge in [0.2, 0.25) is 0 Å². The van der Waals surface area contributed by atoms with Crippen molar-refractivity contribution in [3.8, 4) is 0 Å². The minimum absolute atomic E-state index is 0.118. The Bertz CT molecular complexity index is 664. The first-order valence-electron chi connectivity index (χ1n) is 6.60. The number of carboxylic acids is 1. The molecular formula is C14H15N3O3. The minimum atomic E-state index is -0.827. The quantitative estimate of drug-likeness (QED) is 0.868. The van der Waals surface area contributed by atoms with Crippen molar-refractivity contribution in [3.05, 3.63) is 30.1 Å². The Hall–Kier alpha value is -2.37. The summed E-state index contributed by atoms with van der Waals surface area (Å²) in [5, 5.41) is 9.07. The van der Waals surface area contributed by atoms with Crippen molar-refractivity contribution < 1.29 is 14.7 Å². The van der Waals surface area contributed by atoms with E-state index < -0.39 is 11.9 Å². The summed E-state index contributed by atoms with van der Waals surface area (Å²) in [6.07, 6.45) is 2.95. The van der Waals surface area contributed by atoms with Crippen LogP contribution < -0.4 is 0 Å². The molecule has 1 amide bonds. The Kier molecular flexibility index (Phi) is 3.14. The number of amides is 1. The second kappa shape index (κ2) is 4.96. The van der Waals surface area contributed by atoms with E-state index in [1.54, 1.807) is 29.4 Å². The summed E-state index contributed by atoms with van der Waals surface area (Å²) in [6, 6.07) is 5.28. The third kappa shape index (κ3) is 2.24. The molecule has 1 fully saturated rings. The summed E-state index contributed by atoms with van der Waals surface area (Å²) >= 11 is 0. The first-order valence-corrected chi connectivity index (χ1v) is 6.60. The Morgan fingerprint density at radius 1 is 1.40 bits per heavy atom. The van der Waals surface area contributed by atoms with E-state index in [0.717, 1.165) is 17.5 Å². The van der Waals surface area contributed by atoms with Gasteiger partial charge in [0.1, 0.15) is 0 Å². The zero-order valence-electron chi connectivity index (χ0n) is 10.9. The Morgan fingerprint density at radius 2 is 2.25 bits per heavy atom. The number of aromatic amines is 1. The molecule has 6 heteroatoms. The third-order valence-corrected chi connectivity index (χ3v) is 3.73. The number of carboxylic acid groups (broad SMARTS) is 1. The lowest BCUT2D eigenvalue weighted by molar-refractivity contribution is -0.143. The molecule has 2 N–H and O–H groups in total. The molecule has 2 aromatic rings. The lowest BCUT2D eigenvalue weighted by Crippen LogP contribution is -2.42. The number of benzene rings is 1. The molecular weight excluding hydrogens is 258 g/mol. The van der Waals surface area contributed by atoms with E-state index in [0.29, 0.717) is 18.5 Å². The standard InChI is InChI=1S/C14H15N3O3/c18-13(17-5-1-2-10(7-17)14(19)20)9-3-4-11-12(6-9)16-8-15-11/h3-4,6,8,10H,1-2,5,7H2,(H,15,16)(H,19,20)/t10-/m0/s1. The summed E-state index contributed by atoms with van der Waals surface area (Å²) in [4.78, 5) is 32.2. The van der Waals surface area contributed by atoms with Crippen LogP contribution in [0.1, 0.15) is 23.2 Å². The average Bonchev–Trinajstić information content (AvgIpc) is 2.94. The average molecular weight is 273 g/mol. The number of hydrogen-bond donors (Lipinski definition) is 2. The van der Waals surface area contributed by atoms with E-state index in [4.69, 9.17) is 5.11 Å². The first kappa shape index (κ1) is 12.7. The van der Waals surface area contributed by atoms with Gasteiger partial charge < -0.3 is 15.0 Å². The highest BCUT2D eigenvalue weighted by Crippen LogP contribution is 2.20. The van der Waals surface area contributed by atoms with E-state index in [1.807, 2.05) is 0 Å². The first-order chi connectivity index (χ1) is 9.65. The number of piperidine rings is 1. The number of H-pyrrole nitrogens is 1. The zero-order valence-corrected chi connectivity index (χ0v) is 10.9. The number of fused-ring (bicyclic) bond motifs is 1. The predicted molar refractivity (Wildman–Crippen MR) is 72.4 cm³/mol. The summed E-state index contributed by atoms with van der Waals surface area (Å²) in [7, 11) is 0. The van der Waals surface area contributed by atoms with E-state index in [2.05, 4.69) is 9.97 Å². The van der Waals surface area contributed by atoms with Crippen molar-refractivity contribution in [1.29, 1.82) is 0 Å². The molecule has 0 spiro atoms. The zero-order chi connectivity index (χ0) is 14.1. The number of hydrogen-bond acceptors (Lipinski definition) is 3. The van der Waals surface area contributed by atoms with Gasteiger partial charge in [0.25, 0.3) is 5.91 Å². The van der Waals surface area contributed by atoms with Crippen molar-refractivity contribution in [3.63, 3.8) is 0 Å². The number of carbonyl (C=O) groups excluding carboxylic acids is 1. The third-order valence-electron chi connectivity index (χ3n) is 3.73. The van der Waals surface area contributed by atoms with Crippen LogP contribution in [0.25, 0.3) is 11.0 Å². The monoisotopic (exact) mass is 273 g/mol. The van der Waals surface area contributed by atoms with Crippen LogP contribution in [0.2, 0.25) is 0 Å². The van der Waals surface area contributed by atoms with Gasteiger partial charge in [-0.2, -0.15) is 0 Å². The molecule has 1 saturated heterocycles. The number of imidazole rings is 1. The maximum absolute atomic E-state index is 12.4. The molecule has 0 saturated carbocycles. The van der Waals surface area contributed by atoms with Gasteiger partial charge in [-0.15, -0.1) is 0 Å². The van der Waals surface area contributed by atoms with Crippen LogP contribution in [0.15, 0.2) is 24.5 Å². The fraction of sp³-hybridized carbons (Fsp3) is 0.357. The van der Waals surface area contributed by atoms with Crippen LogP contribution in [-0.2, 0) is 4.79 Å². The Balaban J connectivity index is 1.82. The number of rotatable bonds is 2. The van der Waals surface area contributed by atoms with Crippen molar-refractivity contribution in [2.24, 2.45) is 5.92 Å². The molecule has 104 valence electrons. The molecule has 0 unspecified atom stereocenters. The number of likely N-dealkylation sites (tertiary alicyclic amines) is 1. The molecule has 1 aromatic heterocycles. The lowest BCUT2D eigenvalue weighted by atomic mass is 9.97. The molecule has 1 aliphatic heterocycles. The topological polar surface area (TPSA) is 86.3 Å². The van der Waals surface area contributed by atoms with Crippen LogP contribution in [0, 0.1) is 5.92 Å². The van der Waals surface area contributed by atoms with Crippen LogP contribution >= 0.6 is 0 Å². The van der Waals surface area contributed by atoms with Crippen LogP contribution in [0.3, 0.4) is 0 Å². The molecule has 6 nitrogen and oxygen atoms in total. The summed E-state index contributed by atoms with van der Waals surface area (Å²) in [6.45, 7) is 0.902. The molecule has 1 aromatic carbocycles. The van der Waals surface area contributed by atoms with Gasteiger partial charge in [-0.05, 0) is 31.0 Å². The fourth-order valence-electron chi connectivity index (χ4n) is 2.61. The molecule has 0 bridgehead atoms. The largest absolute Gasteiger partial charge is 0.481 e. The highest BCUT2D eigenvalue weighted by Gasteiger charge is 2.28. The van der Waals surface area contributed by atoms with Crippen molar-refractivity contribution in [2.45, 2.75) is 12.8 Å². The second-order valence-corrected chi connectivity index (χ2v) is 5.06. The van der Waals surface area contributed by atoms with Gasteiger partial charge in [-0.3, -0.25) is 9.59 Å². The SMILES string of the molecule is O=C(O)[C@H]1CCCN(C(=O)c2ccc3nc[nH]c3c2)C1. The Morgan fingerprint density at radius 3 is 3.05 bits per heavy atom. The summed E-state index contributed by atoms with van der Waals surface area (Å²) in [5.74, 6) is -1.40. The number of aliphatic carboxylic acids is 1. The molecule has 3 rings (SSSR count). The molecule has 0 radical (unpaired) electrons. The smallest absolute Gasteiger partial charge is 0.308 e. The van der Waals surface area contributed by atoms with Gasteiger partial charge >= 0.3 is 5.97 Å². The Labute approximate surface area is 115 Å². The van der Waals surface area contributed by atoms with E-state index in [1.165, 1.54) is 0 Å². The molecule has 1 aliphatic rings. The molecule has 2 heterocycles. The van der Waals surface area contributed by atoms with Crippen molar-refractivity contribution >= 4 is 22.9 Å². The number of nitrogens with zero attached hydrogens (tertiary/aromatic N) is 2. The summed E-state index contributed by atoms with van der Waals surface area (Å²) < 4.78 is 0. The fourth-order valence-corrected chi connectivity index (χ4v) is 2.61. The normalized spacial score (nSPS) is 19.2. The van der Waals surface area contributed by atoms with Crippen molar-refractivity contribution in [2.75, 3.05) is 13.1 Å².